The Bertz CT molecular complexity index is 344. The molecule has 0 saturated heterocycles. The highest BCUT2D eigenvalue weighted by molar-refractivity contribution is 6.00. The fourth-order valence-corrected chi connectivity index (χ4v) is 1.96. The lowest BCUT2D eigenvalue weighted by Gasteiger charge is -2.26. The zero-order valence-corrected chi connectivity index (χ0v) is 9.32. The van der Waals surface area contributed by atoms with Crippen LogP contribution in [0.1, 0.15) is 19.3 Å². The van der Waals surface area contributed by atoms with Crippen LogP contribution in [0.25, 0.3) is 0 Å². The number of aldehydes is 1. The average molecular weight is 226 g/mol. The molecule has 0 bridgehead atoms. The summed E-state index contributed by atoms with van der Waals surface area (Å²) in [5.41, 5.74) is -1.11. The molecule has 0 amide bonds. The van der Waals surface area contributed by atoms with Crippen LogP contribution in [0.4, 0.5) is 0 Å². The third-order valence-electron chi connectivity index (χ3n) is 2.72. The van der Waals surface area contributed by atoms with Gasteiger partial charge in [0.2, 0.25) is 0 Å². The average Bonchev–Trinajstić information content (AvgIpc) is 2.62. The molecule has 1 atom stereocenters. The van der Waals surface area contributed by atoms with E-state index in [-0.39, 0.29) is 30.8 Å². The van der Waals surface area contributed by atoms with Gasteiger partial charge >= 0.3 is 5.97 Å². The summed E-state index contributed by atoms with van der Waals surface area (Å²) in [4.78, 5) is 33.5. The topological polar surface area (TPSA) is 69.7 Å². The Kier molecular flexibility index (Phi) is 3.82. The maximum absolute atomic E-state index is 11.7. The van der Waals surface area contributed by atoms with E-state index < -0.39 is 11.4 Å². The van der Waals surface area contributed by atoms with E-state index >= 15 is 0 Å². The minimum atomic E-state index is -1.11. The van der Waals surface area contributed by atoms with Crippen molar-refractivity contribution < 1.29 is 23.9 Å². The van der Waals surface area contributed by atoms with E-state index in [9.17, 15) is 14.4 Å². The molecular formula is C11H14O5. The molecule has 16 heavy (non-hydrogen) atoms. The molecule has 0 spiro atoms. The van der Waals surface area contributed by atoms with Crippen LogP contribution in [-0.2, 0) is 23.9 Å². The Morgan fingerprint density at radius 3 is 2.75 bits per heavy atom. The summed E-state index contributed by atoms with van der Waals surface area (Å²) in [6.45, 7) is 0. The van der Waals surface area contributed by atoms with Gasteiger partial charge in [-0.15, -0.1) is 0 Å². The van der Waals surface area contributed by atoms with Crippen molar-refractivity contribution in [3.05, 3.63) is 11.8 Å². The van der Waals surface area contributed by atoms with Crippen molar-refractivity contribution in [3.63, 3.8) is 0 Å². The number of carbonyl (C=O) groups is 3. The quantitative estimate of drug-likeness (QED) is 0.508. The monoisotopic (exact) mass is 226 g/mol. The van der Waals surface area contributed by atoms with Gasteiger partial charge in [-0.2, -0.15) is 0 Å². The van der Waals surface area contributed by atoms with Crippen molar-refractivity contribution in [3.8, 4) is 0 Å². The van der Waals surface area contributed by atoms with Gasteiger partial charge in [0.05, 0.1) is 14.2 Å². The molecule has 0 aliphatic heterocycles. The molecule has 0 aromatic rings. The van der Waals surface area contributed by atoms with Gasteiger partial charge in [-0.1, -0.05) is 0 Å². The lowest BCUT2D eigenvalue weighted by molar-refractivity contribution is -0.153. The molecular weight excluding hydrogens is 212 g/mol. The van der Waals surface area contributed by atoms with Gasteiger partial charge in [0, 0.05) is 18.9 Å². The molecule has 88 valence electrons. The van der Waals surface area contributed by atoms with Crippen molar-refractivity contribution in [1.82, 2.24) is 0 Å². The van der Waals surface area contributed by atoms with E-state index in [1.165, 1.54) is 20.3 Å². The first-order valence-corrected chi connectivity index (χ1v) is 4.91. The highest BCUT2D eigenvalue weighted by Gasteiger charge is 2.49. The number of hydrogen-bond donors (Lipinski definition) is 0. The van der Waals surface area contributed by atoms with Crippen molar-refractivity contribution >= 4 is 18.0 Å². The minimum Gasteiger partial charge on any atom is -0.500 e. The van der Waals surface area contributed by atoms with Gasteiger partial charge in [0.15, 0.2) is 5.78 Å². The second kappa shape index (κ2) is 4.92. The van der Waals surface area contributed by atoms with Gasteiger partial charge < -0.3 is 14.3 Å². The first kappa shape index (κ1) is 12.4. The molecule has 5 heteroatoms. The molecule has 1 aliphatic rings. The Morgan fingerprint density at radius 1 is 1.56 bits per heavy atom. The van der Waals surface area contributed by atoms with Crippen LogP contribution in [0.15, 0.2) is 11.8 Å². The summed E-state index contributed by atoms with van der Waals surface area (Å²) in [7, 11) is 2.64. The molecule has 1 aliphatic carbocycles. The normalized spacial score (nSPS) is 23.9. The van der Waals surface area contributed by atoms with E-state index in [0.717, 1.165) is 0 Å². The third kappa shape index (κ3) is 1.98. The summed E-state index contributed by atoms with van der Waals surface area (Å²) in [5.74, 6) is -0.437. The SMILES string of the molecule is COC(=O)[C@]1(CCC=O)CC(=O)C=C1OC. The molecule has 0 unspecified atom stereocenters. The summed E-state index contributed by atoms with van der Waals surface area (Å²) in [6, 6.07) is 0. The van der Waals surface area contributed by atoms with Crippen molar-refractivity contribution in [2.75, 3.05) is 14.2 Å². The van der Waals surface area contributed by atoms with E-state index in [2.05, 4.69) is 4.74 Å². The van der Waals surface area contributed by atoms with E-state index in [0.29, 0.717) is 6.29 Å². The predicted octanol–water partition coefficient (Wildman–Crippen LogP) is 0.628. The van der Waals surface area contributed by atoms with E-state index in [4.69, 9.17) is 4.74 Å². The highest BCUT2D eigenvalue weighted by atomic mass is 16.5. The Labute approximate surface area is 93.4 Å². The second-order valence-electron chi connectivity index (χ2n) is 3.63. The number of methoxy groups -OCH3 is 2. The number of rotatable bonds is 5. The van der Waals surface area contributed by atoms with Crippen LogP contribution in [0, 0.1) is 5.41 Å². The zero-order chi connectivity index (χ0) is 12.2. The van der Waals surface area contributed by atoms with Gasteiger partial charge in [-0.3, -0.25) is 9.59 Å². The van der Waals surface area contributed by atoms with Crippen molar-refractivity contribution in [1.29, 1.82) is 0 Å². The van der Waals surface area contributed by atoms with Crippen molar-refractivity contribution in [2.45, 2.75) is 19.3 Å². The third-order valence-corrected chi connectivity index (χ3v) is 2.72. The van der Waals surface area contributed by atoms with Crippen molar-refractivity contribution in [2.24, 2.45) is 5.41 Å². The number of carbonyl (C=O) groups excluding carboxylic acids is 3. The lowest BCUT2D eigenvalue weighted by atomic mass is 9.81. The number of ketones is 1. The van der Waals surface area contributed by atoms with Gasteiger partial charge in [0.1, 0.15) is 17.5 Å². The molecule has 0 aromatic heterocycles. The number of esters is 1. The molecule has 0 heterocycles. The van der Waals surface area contributed by atoms with E-state index in [1.807, 2.05) is 0 Å². The van der Waals surface area contributed by atoms with Crippen LogP contribution < -0.4 is 0 Å². The number of ether oxygens (including phenoxy) is 2. The molecule has 0 aromatic carbocycles. The molecule has 5 nitrogen and oxygen atoms in total. The maximum Gasteiger partial charge on any atom is 0.319 e. The first-order chi connectivity index (χ1) is 7.60. The lowest BCUT2D eigenvalue weighted by Crippen LogP contribution is -2.33. The highest BCUT2D eigenvalue weighted by Crippen LogP contribution is 2.42. The summed E-state index contributed by atoms with van der Waals surface area (Å²) in [5, 5.41) is 0. The zero-order valence-electron chi connectivity index (χ0n) is 9.32. The van der Waals surface area contributed by atoms with Crippen LogP contribution in [-0.4, -0.2) is 32.3 Å². The smallest absolute Gasteiger partial charge is 0.319 e. The predicted molar refractivity (Wildman–Crippen MR) is 54.5 cm³/mol. The molecule has 0 saturated carbocycles. The minimum absolute atomic E-state index is 0.0106. The molecule has 0 fully saturated rings. The second-order valence-corrected chi connectivity index (χ2v) is 3.63. The number of hydrogen-bond acceptors (Lipinski definition) is 5. The standard InChI is InChI=1S/C11H14O5/c1-15-9-6-8(13)7-11(9,4-3-5-12)10(14)16-2/h5-6H,3-4,7H2,1-2H3/t11-/m1/s1. The molecule has 0 radical (unpaired) electrons. The van der Waals surface area contributed by atoms with Gasteiger partial charge in [-0.05, 0) is 6.42 Å². The molecule has 0 N–H and O–H groups in total. The number of allylic oxidation sites excluding steroid dienone is 1. The van der Waals surface area contributed by atoms with Crippen LogP contribution in [0.2, 0.25) is 0 Å². The summed E-state index contributed by atoms with van der Waals surface area (Å²) in [6.07, 6.45) is 2.43. The summed E-state index contributed by atoms with van der Waals surface area (Å²) >= 11 is 0. The largest absolute Gasteiger partial charge is 0.500 e. The Hall–Kier alpha value is -1.65. The fraction of sp³-hybridized carbons (Fsp3) is 0.545. The van der Waals surface area contributed by atoms with Gasteiger partial charge in [-0.25, -0.2) is 0 Å². The fourth-order valence-electron chi connectivity index (χ4n) is 1.96. The van der Waals surface area contributed by atoms with Gasteiger partial charge in [0.25, 0.3) is 0 Å². The first-order valence-electron chi connectivity index (χ1n) is 4.91. The Morgan fingerprint density at radius 2 is 2.25 bits per heavy atom. The van der Waals surface area contributed by atoms with E-state index in [1.54, 1.807) is 0 Å². The van der Waals surface area contributed by atoms with Crippen LogP contribution in [0.5, 0.6) is 0 Å². The maximum atomic E-state index is 11.7. The van der Waals surface area contributed by atoms with Crippen LogP contribution >= 0.6 is 0 Å². The molecule has 1 rings (SSSR count). The summed E-state index contributed by atoms with van der Waals surface area (Å²) < 4.78 is 9.73. The van der Waals surface area contributed by atoms with Crippen LogP contribution in [0.3, 0.4) is 0 Å². The Balaban J connectivity index is 3.04.